The molecule has 1 N–H and O–H groups in total. The van der Waals surface area contributed by atoms with Gasteiger partial charge in [-0.3, -0.25) is 0 Å². The molecule has 0 atom stereocenters. The first-order valence-electron chi connectivity index (χ1n) is 10.6. The lowest BCUT2D eigenvalue weighted by Crippen LogP contribution is -1.95. The topological polar surface area (TPSA) is 59.4 Å². The van der Waals surface area contributed by atoms with E-state index in [9.17, 15) is 9.90 Å². The van der Waals surface area contributed by atoms with E-state index < -0.39 is 5.97 Å². The molecule has 0 unspecified atom stereocenters. The molecule has 0 fully saturated rings. The Morgan fingerprint density at radius 3 is 2.64 bits per heavy atom. The van der Waals surface area contributed by atoms with Gasteiger partial charge in [-0.15, -0.1) is 11.3 Å². The molecule has 0 aliphatic heterocycles. The molecule has 3 aromatic carbocycles. The van der Waals surface area contributed by atoms with E-state index in [1.807, 2.05) is 67.6 Å². The number of hydrogen-bond donors (Lipinski definition) is 1. The minimum absolute atomic E-state index is 0.379. The van der Waals surface area contributed by atoms with Gasteiger partial charge < -0.3 is 9.84 Å². The van der Waals surface area contributed by atoms with Gasteiger partial charge in [-0.2, -0.15) is 0 Å². The van der Waals surface area contributed by atoms with Gasteiger partial charge in [0, 0.05) is 10.1 Å². The van der Waals surface area contributed by atoms with Crippen LogP contribution in [-0.4, -0.2) is 16.1 Å². The number of aromatic carboxylic acids is 1. The highest BCUT2D eigenvalue weighted by atomic mass is 32.1. The van der Waals surface area contributed by atoms with Crippen molar-refractivity contribution in [2.75, 3.05) is 0 Å². The van der Waals surface area contributed by atoms with Crippen LogP contribution in [0.15, 0.2) is 78.9 Å². The fourth-order valence-corrected chi connectivity index (χ4v) is 4.77. The van der Waals surface area contributed by atoms with Crippen molar-refractivity contribution in [1.29, 1.82) is 0 Å². The number of ether oxygens (including phenoxy) is 1. The number of nitrogens with zero attached hydrogens (tertiary/aromatic N) is 1. The molecule has 0 radical (unpaired) electrons. The molecule has 162 valence electrons. The van der Waals surface area contributed by atoms with E-state index in [0.29, 0.717) is 11.5 Å². The van der Waals surface area contributed by atoms with Crippen molar-refractivity contribution >= 4 is 50.4 Å². The van der Waals surface area contributed by atoms with Crippen LogP contribution in [0.2, 0.25) is 0 Å². The van der Waals surface area contributed by atoms with Gasteiger partial charge in [0.15, 0.2) is 0 Å². The summed E-state index contributed by atoms with van der Waals surface area (Å²) in [6.07, 6.45) is 4.07. The van der Waals surface area contributed by atoms with Crippen molar-refractivity contribution in [3.05, 3.63) is 106 Å². The molecule has 0 bridgehead atoms. The zero-order valence-corrected chi connectivity index (χ0v) is 18.8. The first-order chi connectivity index (χ1) is 16.1. The van der Waals surface area contributed by atoms with E-state index in [1.54, 1.807) is 0 Å². The highest BCUT2D eigenvalue weighted by Crippen LogP contribution is 2.33. The van der Waals surface area contributed by atoms with Gasteiger partial charge in [0.1, 0.15) is 17.2 Å². The Balaban J connectivity index is 1.25. The molecule has 0 aliphatic rings. The van der Waals surface area contributed by atoms with Crippen molar-refractivity contribution in [3.63, 3.8) is 0 Å². The molecule has 5 heteroatoms. The number of benzene rings is 3. The number of carboxylic acid groups (broad SMARTS) is 1. The monoisotopic (exact) mass is 451 g/mol. The smallest absolute Gasteiger partial charge is 0.346 e. The van der Waals surface area contributed by atoms with Crippen molar-refractivity contribution in [2.24, 2.45) is 0 Å². The Morgan fingerprint density at radius 2 is 1.82 bits per heavy atom. The van der Waals surface area contributed by atoms with Crippen molar-refractivity contribution in [3.8, 4) is 5.75 Å². The minimum atomic E-state index is -0.887. The summed E-state index contributed by atoms with van der Waals surface area (Å²) in [5.74, 6) is -0.159. The largest absolute Gasteiger partial charge is 0.489 e. The molecule has 0 saturated heterocycles. The summed E-state index contributed by atoms with van der Waals surface area (Å²) >= 11 is 1.29. The van der Waals surface area contributed by atoms with Crippen LogP contribution < -0.4 is 4.74 Å². The van der Waals surface area contributed by atoms with E-state index in [4.69, 9.17) is 4.74 Å². The van der Waals surface area contributed by atoms with Crippen molar-refractivity contribution in [2.45, 2.75) is 13.5 Å². The summed E-state index contributed by atoms with van der Waals surface area (Å²) in [6, 6.07) is 26.1. The van der Waals surface area contributed by atoms with Gasteiger partial charge in [-0.05, 0) is 65.4 Å². The first kappa shape index (κ1) is 20.9. The molecule has 4 nitrogen and oxygen atoms in total. The van der Waals surface area contributed by atoms with Crippen LogP contribution in [0.1, 0.15) is 32.1 Å². The van der Waals surface area contributed by atoms with Gasteiger partial charge in [0.2, 0.25) is 0 Å². The molecule has 0 spiro atoms. The number of hydrogen-bond acceptors (Lipinski definition) is 4. The minimum Gasteiger partial charge on any atom is -0.489 e. The molecule has 0 amide bonds. The Kier molecular flexibility index (Phi) is 5.63. The predicted molar refractivity (Wildman–Crippen MR) is 135 cm³/mol. The quantitative estimate of drug-likeness (QED) is 0.296. The predicted octanol–water partition coefficient (Wildman–Crippen LogP) is 7.21. The number of carboxylic acids is 1. The third-order valence-electron chi connectivity index (χ3n) is 5.55. The maximum atomic E-state index is 11.4. The van der Waals surface area contributed by atoms with E-state index >= 15 is 0 Å². The molecular formula is C28H21NO3S. The molecule has 2 heterocycles. The van der Waals surface area contributed by atoms with E-state index in [-0.39, 0.29) is 0 Å². The summed E-state index contributed by atoms with van der Waals surface area (Å²) in [7, 11) is 0. The molecular weight excluding hydrogens is 430 g/mol. The van der Waals surface area contributed by atoms with Crippen LogP contribution in [0, 0.1) is 6.92 Å². The normalized spacial score (nSPS) is 11.4. The van der Waals surface area contributed by atoms with Crippen LogP contribution in [0.4, 0.5) is 0 Å². The zero-order valence-electron chi connectivity index (χ0n) is 18.0. The molecule has 0 aliphatic carbocycles. The average Bonchev–Trinajstić information content (AvgIpc) is 3.18. The van der Waals surface area contributed by atoms with Crippen molar-refractivity contribution < 1.29 is 14.6 Å². The van der Waals surface area contributed by atoms with Gasteiger partial charge in [0.05, 0.1) is 11.2 Å². The van der Waals surface area contributed by atoms with E-state index in [1.165, 1.54) is 11.3 Å². The highest BCUT2D eigenvalue weighted by Gasteiger charge is 2.14. The SMILES string of the molecule is Cc1c(C(=O)O)sc2ccc(OCc3ccc(C=Cc4ccc5ccccc5n4)cc3)cc12. The summed E-state index contributed by atoms with van der Waals surface area (Å²) < 4.78 is 6.92. The van der Waals surface area contributed by atoms with E-state index in [0.717, 1.165) is 49.1 Å². The third-order valence-corrected chi connectivity index (χ3v) is 6.81. The van der Waals surface area contributed by atoms with Gasteiger partial charge in [-0.25, -0.2) is 9.78 Å². The second-order valence-corrected chi connectivity index (χ2v) is 8.86. The standard InChI is InChI=1S/C28H21NO3S/c1-18-24-16-23(14-15-26(24)33-27(18)28(30)31)32-17-20-8-6-19(7-9-20)10-12-22-13-11-21-4-2-3-5-25(21)29-22/h2-16H,17H2,1H3,(H,30,31). The maximum Gasteiger partial charge on any atom is 0.346 e. The maximum absolute atomic E-state index is 11.4. The molecule has 5 rings (SSSR count). The number of para-hydroxylation sites is 1. The Hall–Kier alpha value is -3.96. The Bertz CT molecular complexity index is 1500. The summed E-state index contributed by atoms with van der Waals surface area (Å²) in [5, 5.41) is 11.4. The fraction of sp³-hybridized carbons (Fsp3) is 0.0714. The lowest BCUT2D eigenvalue weighted by molar-refractivity contribution is 0.0701. The number of fused-ring (bicyclic) bond motifs is 2. The van der Waals surface area contributed by atoms with Crippen LogP contribution in [-0.2, 0) is 6.61 Å². The van der Waals surface area contributed by atoms with Crippen molar-refractivity contribution in [1.82, 2.24) is 4.98 Å². The van der Waals surface area contributed by atoms with E-state index in [2.05, 4.69) is 35.3 Å². The molecule has 2 aromatic heterocycles. The molecule has 33 heavy (non-hydrogen) atoms. The summed E-state index contributed by atoms with van der Waals surface area (Å²) in [6.45, 7) is 2.28. The van der Waals surface area contributed by atoms with Gasteiger partial charge >= 0.3 is 5.97 Å². The number of carbonyl (C=O) groups is 1. The molecule has 0 saturated carbocycles. The van der Waals surface area contributed by atoms with Crippen LogP contribution in [0.3, 0.4) is 0 Å². The lowest BCUT2D eigenvalue weighted by atomic mass is 10.1. The highest BCUT2D eigenvalue weighted by molar-refractivity contribution is 7.21. The number of pyridine rings is 1. The van der Waals surface area contributed by atoms with Crippen LogP contribution in [0.25, 0.3) is 33.1 Å². The number of rotatable bonds is 6. The number of thiophene rings is 1. The molecule has 5 aromatic rings. The second-order valence-electron chi connectivity index (χ2n) is 7.81. The van der Waals surface area contributed by atoms with Crippen LogP contribution in [0.5, 0.6) is 5.75 Å². The lowest BCUT2D eigenvalue weighted by Gasteiger charge is -2.07. The first-order valence-corrected chi connectivity index (χ1v) is 11.4. The van der Waals surface area contributed by atoms with Gasteiger partial charge in [0.25, 0.3) is 0 Å². The zero-order chi connectivity index (χ0) is 22.8. The van der Waals surface area contributed by atoms with Gasteiger partial charge in [-0.1, -0.05) is 54.6 Å². The summed E-state index contributed by atoms with van der Waals surface area (Å²) in [4.78, 5) is 16.4. The fourth-order valence-electron chi connectivity index (χ4n) is 3.74. The Morgan fingerprint density at radius 1 is 1.00 bits per heavy atom. The number of aryl methyl sites for hydroxylation is 1. The summed E-state index contributed by atoms with van der Waals surface area (Å²) in [5.41, 5.74) is 4.84. The number of aromatic nitrogens is 1. The average molecular weight is 452 g/mol. The van der Waals surface area contributed by atoms with Crippen LogP contribution >= 0.6 is 11.3 Å². The Labute approximate surface area is 195 Å². The third kappa shape index (κ3) is 4.49. The second kappa shape index (κ2) is 8.88.